The molecular formula is C34H39N7O. The zero-order valence-electron chi connectivity index (χ0n) is 24.0. The van der Waals surface area contributed by atoms with E-state index >= 15 is 0 Å². The van der Waals surface area contributed by atoms with Gasteiger partial charge in [0.15, 0.2) is 0 Å². The molecule has 1 unspecified atom stereocenters. The van der Waals surface area contributed by atoms with Gasteiger partial charge < -0.3 is 10.8 Å². The van der Waals surface area contributed by atoms with E-state index in [-0.39, 0.29) is 5.92 Å². The van der Waals surface area contributed by atoms with E-state index in [9.17, 15) is 5.11 Å². The maximum atomic E-state index is 9.83. The SMILES string of the molecule is Nc1cc(C(CCCC23CCC(c4ccccc4)(CC2)CC3)c2cnn(CCc3cccc(O)c3)c2)c2n[nH]nc2n1. The second-order valence-electron chi connectivity index (χ2n) is 12.7. The Morgan fingerprint density at radius 1 is 0.952 bits per heavy atom. The van der Waals surface area contributed by atoms with Gasteiger partial charge in [0.2, 0.25) is 5.65 Å². The number of rotatable bonds is 10. The topological polar surface area (TPSA) is 119 Å². The van der Waals surface area contributed by atoms with E-state index in [1.165, 1.54) is 44.9 Å². The van der Waals surface area contributed by atoms with Crippen molar-refractivity contribution >= 4 is 17.0 Å². The van der Waals surface area contributed by atoms with E-state index < -0.39 is 0 Å². The number of aromatic hydroxyl groups is 1. The van der Waals surface area contributed by atoms with Crippen LogP contribution in [0.1, 0.15) is 86.0 Å². The number of H-pyrrole nitrogens is 1. The van der Waals surface area contributed by atoms with Crippen molar-refractivity contribution in [2.45, 2.75) is 82.1 Å². The molecule has 4 N–H and O–H groups in total. The van der Waals surface area contributed by atoms with Crippen molar-refractivity contribution < 1.29 is 5.11 Å². The molecule has 3 aliphatic rings. The molecule has 0 amide bonds. The minimum atomic E-state index is 0.101. The Hall–Kier alpha value is -4.20. The minimum absolute atomic E-state index is 0.101. The maximum Gasteiger partial charge on any atom is 0.203 e. The maximum absolute atomic E-state index is 9.83. The van der Waals surface area contributed by atoms with Gasteiger partial charge in [-0.05, 0) is 109 Å². The third-order valence-electron chi connectivity index (χ3n) is 10.3. The Morgan fingerprint density at radius 3 is 2.55 bits per heavy atom. The number of anilines is 1. The first-order chi connectivity index (χ1) is 20.5. The number of phenols is 1. The monoisotopic (exact) mass is 561 g/mol. The lowest BCUT2D eigenvalue weighted by Gasteiger charge is -2.54. The van der Waals surface area contributed by atoms with Gasteiger partial charge in [0.25, 0.3) is 0 Å². The average Bonchev–Trinajstić information content (AvgIpc) is 3.69. The van der Waals surface area contributed by atoms with Crippen LogP contribution >= 0.6 is 0 Å². The number of aromatic nitrogens is 6. The molecule has 2 bridgehead atoms. The summed E-state index contributed by atoms with van der Waals surface area (Å²) in [5.41, 5.74) is 13.3. The van der Waals surface area contributed by atoms with E-state index in [0.29, 0.717) is 28.0 Å². The Bertz CT molecular complexity index is 1650. The van der Waals surface area contributed by atoms with Crippen molar-refractivity contribution in [2.24, 2.45) is 5.41 Å². The summed E-state index contributed by atoms with van der Waals surface area (Å²) in [6.45, 7) is 0.736. The molecule has 0 spiro atoms. The van der Waals surface area contributed by atoms with Crippen molar-refractivity contribution in [1.29, 1.82) is 0 Å². The molecule has 8 rings (SSSR count). The summed E-state index contributed by atoms with van der Waals surface area (Å²) in [5.74, 6) is 0.856. The van der Waals surface area contributed by atoms with Gasteiger partial charge in [-0.3, -0.25) is 4.68 Å². The van der Waals surface area contributed by atoms with Gasteiger partial charge in [-0.2, -0.15) is 15.4 Å². The third-order valence-corrected chi connectivity index (χ3v) is 10.3. The van der Waals surface area contributed by atoms with Crippen LogP contribution in [0.2, 0.25) is 0 Å². The van der Waals surface area contributed by atoms with Gasteiger partial charge in [-0.25, -0.2) is 4.98 Å². The highest BCUT2D eigenvalue weighted by molar-refractivity contribution is 5.77. The lowest BCUT2D eigenvalue weighted by atomic mass is 9.51. The molecule has 1 atom stereocenters. The molecule has 216 valence electrons. The van der Waals surface area contributed by atoms with E-state index in [1.807, 2.05) is 35.1 Å². The number of aryl methyl sites for hydroxylation is 2. The number of phenolic OH excluding ortho intramolecular Hbond substituents is 1. The molecule has 3 fully saturated rings. The number of fused-ring (bicyclic) bond motifs is 4. The van der Waals surface area contributed by atoms with Gasteiger partial charge in [-0.1, -0.05) is 48.9 Å². The average molecular weight is 562 g/mol. The number of aromatic amines is 1. The zero-order chi connectivity index (χ0) is 28.6. The second kappa shape index (κ2) is 10.9. The molecule has 8 heteroatoms. The number of nitrogens with two attached hydrogens (primary N) is 1. The van der Waals surface area contributed by atoms with Gasteiger partial charge in [0.1, 0.15) is 17.1 Å². The summed E-state index contributed by atoms with van der Waals surface area (Å²) in [7, 11) is 0. The van der Waals surface area contributed by atoms with Crippen LogP contribution in [0.3, 0.4) is 0 Å². The largest absolute Gasteiger partial charge is 0.508 e. The predicted molar refractivity (Wildman–Crippen MR) is 164 cm³/mol. The van der Waals surface area contributed by atoms with Crippen LogP contribution < -0.4 is 5.73 Å². The highest BCUT2D eigenvalue weighted by Crippen LogP contribution is 2.59. The predicted octanol–water partition coefficient (Wildman–Crippen LogP) is 6.67. The quantitative estimate of drug-likeness (QED) is 0.175. The Labute approximate surface area is 246 Å². The first-order valence-corrected chi connectivity index (χ1v) is 15.3. The fraction of sp³-hybridized carbons (Fsp3) is 0.412. The number of nitrogens with one attached hydrogen (secondary N) is 1. The van der Waals surface area contributed by atoms with Crippen molar-refractivity contribution in [3.8, 4) is 5.75 Å². The van der Waals surface area contributed by atoms with Crippen LogP contribution in [-0.4, -0.2) is 35.3 Å². The van der Waals surface area contributed by atoms with Crippen LogP contribution in [0.4, 0.5) is 5.82 Å². The second-order valence-corrected chi connectivity index (χ2v) is 12.7. The first-order valence-electron chi connectivity index (χ1n) is 15.3. The van der Waals surface area contributed by atoms with Crippen LogP contribution in [0.25, 0.3) is 11.2 Å². The normalized spacial score (nSPS) is 22.5. The zero-order valence-corrected chi connectivity index (χ0v) is 24.0. The molecule has 5 aromatic rings. The molecule has 8 nitrogen and oxygen atoms in total. The molecule has 3 saturated carbocycles. The molecule has 3 heterocycles. The molecule has 0 aliphatic heterocycles. The standard InChI is InChI=1S/C34H39N7O/c35-30-21-29(31-32(37-30)39-40-38-31)28(25-22-36-41(23-25)19-11-24-6-4-9-27(42)20-24)10-5-12-33-13-16-34(17-14-33,18-15-33)26-7-2-1-3-8-26/h1-4,6-9,20-23,28,42H,5,10-19H2,(H3,35,37,38,39,40). The van der Waals surface area contributed by atoms with Gasteiger partial charge >= 0.3 is 0 Å². The van der Waals surface area contributed by atoms with Crippen molar-refractivity contribution in [1.82, 2.24) is 30.2 Å². The summed E-state index contributed by atoms with van der Waals surface area (Å²) in [4.78, 5) is 4.39. The van der Waals surface area contributed by atoms with Crippen molar-refractivity contribution in [3.63, 3.8) is 0 Å². The van der Waals surface area contributed by atoms with Crippen molar-refractivity contribution in [2.75, 3.05) is 5.73 Å². The lowest BCUT2D eigenvalue weighted by Crippen LogP contribution is -2.44. The van der Waals surface area contributed by atoms with Crippen LogP contribution in [-0.2, 0) is 18.4 Å². The number of benzene rings is 2. The highest BCUT2D eigenvalue weighted by atomic mass is 16.3. The molecule has 0 radical (unpaired) electrons. The lowest BCUT2D eigenvalue weighted by molar-refractivity contribution is 0.0304. The Kier molecular flexibility index (Phi) is 6.92. The molecule has 3 aliphatic carbocycles. The summed E-state index contributed by atoms with van der Waals surface area (Å²) < 4.78 is 2.00. The fourth-order valence-corrected chi connectivity index (χ4v) is 7.83. The smallest absolute Gasteiger partial charge is 0.203 e. The van der Waals surface area contributed by atoms with Crippen LogP contribution in [0.15, 0.2) is 73.1 Å². The Balaban J connectivity index is 1.08. The number of nitrogen functional groups attached to an aromatic ring is 1. The molecule has 3 aromatic heterocycles. The first kappa shape index (κ1) is 26.7. The van der Waals surface area contributed by atoms with Gasteiger partial charge in [0, 0.05) is 18.7 Å². The number of hydrogen-bond donors (Lipinski definition) is 3. The van der Waals surface area contributed by atoms with Gasteiger partial charge in [-0.15, -0.1) is 5.10 Å². The number of pyridine rings is 1. The fourth-order valence-electron chi connectivity index (χ4n) is 7.83. The number of nitrogens with zero attached hydrogens (tertiary/aromatic N) is 5. The van der Waals surface area contributed by atoms with Gasteiger partial charge in [0.05, 0.1) is 6.20 Å². The number of hydrogen-bond acceptors (Lipinski definition) is 6. The Morgan fingerprint density at radius 2 is 1.76 bits per heavy atom. The molecule has 2 aromatic carbocycles. The van der Waals surface area contributed by atoms with Crippen molar-refractivity contribution in [3.05, 3.63) is 95.3 Å². The van der Waals surface area contributed by atoms with E-state index in [1.54, 1.807) is 11.6 Å². The summed E-state index contributed by atoms with van der Waals surface area (Å²) in [5, 5.41) is 26.0. The van der Waals surface area contributed by atoms with Crippen LogP contribution in [0, 0.1) is 5.41 Å². The summed E-state index contributed by atoms with van der Waals surface area (Å²) in [6, 6.07) is 20.6. The van der Waals surface area contributed by atoms with E-state index in [0.717, 1.165) is 48.0 Å². The van der Waals surface area contributed by atoms with Crippen LogP contribution in [0.5, 0.6) is 5.75 Å². The van der Waals surface area contributed by atoms with E-state index in [4.69, 9.17) is 10.8 Å². The molecular weight excluding hydrogens is 522 g/mol. The molecule has 0 saturated heterocycles. The highest BCUT2D eigenvalue weighted by Gasteiger charge is 2.48. The third kappa shape index (κ3) is 5.14. The summed E-state index contributed by atoms with van der Waals surface area (Å²) >= 11 is 0. The molecule has 42 heavy (non-hydrogen) atoms. The van der Waals surface area contributed by atoms with E-state index in [2.05, 4.69) is 56.9 Å². The minimum Gasteiger partial charge on any atom is -0.508 e. The summed E-state index contributed by atoms with van der Waals surface area (Å²) in [6.07, 6.45) is 16.2.